The van der Waals surface area contributed by atoms with Gasteiger partial charge in [0.15, 0.2) is 0 Å². The minimum absolute atomic E-state index is 0.0196. The molecule has 1 aromatic carbocycles. The first-order valence-electron chi connectivity index (χ1n) is 9.60. The lowest BCUT2D eigenvalue weighted by Crippen LogP contribution is -2.55. The summed E-state index contributed by atoms with van der Waals surface area (Å²) >= 11 is 0. The van der Waals surface area contributed by atoms with Gasteiger partial charge in [-0.2, -0.15) is 0 Å². The number of hydrogen-bond donors (Lipinski definition) is 1. The molecule has 2 fully saturated rings. The van der Waals surface area contributed by atoms with Crippen molar-refractivity contribution < 1.29 is 18.0 Å². The molecule has 0 bridgehead atoms. The highest BCUT2D eigenvalue weighted by Gasteiger charge is 2.62. The molecule has 0 saturated heterocycles. The number of aromatic nitrogens is 2. The molecule has 2 aliphatic rings. The number of carbonyl (C=O) groups is 1. The zero-order valence-corrected chi connectivity index (χ0v) is 17.4. The van der Waals surface area contributed by atoms with Gasteiger partial charge >= 0.3 is 0 Å². The van der Waals surface area contributed by atoms with Gasteiger partial charge in [-0.3, -0.25) is 10.1 Å². The van der Waals surface area contributed by atoms with Crippen LogP contribution in [0.3, 0.4) is 0 Å². The third kappa shape index (κ3) is 2.85. The van der Waals surface area contributed by atoms with Crippen molar-refractivity contribution in [1.29, 1.82) is 0 Å². The van der Waals surface area contributed by atoms with Gasteiger partial charge in [-0.15, -0.1) is 9.24 Å². The number of rotatable bonds is 4. The van der Waals surface area contributed by atoms with Crippen molar-refractivity contribution in [3.63, 3.8) is 0 Å². The molecular weight excluding hydrogens is 386 g/mol. The van der Waals surface area contributed by atoms with E-state index in [0.717, 1.165) is 19.3 Å². The van der Waals surface area contributed by atoms with Crippen LogP contribution in [0.2, 0.25) is 0 Å². The Kier molecular flexibility index (Phi) is 4.35. The van der Waals surface area contributed by atoms with E-state index in [1.165, 1.54) is 19.9 Å². The third-order valence-corrected chi connectivity index (χ3v) is 7.34. The number of hydrogen-bond acceptors (Lipinski definition) is 2. The number of anilines is 1. The van der Waals surface area contributed by atoms with Crippen molar-refractivity contribution in [1.82, 2.24) is 9.55 Å². The van der Waals surface area contributed by atoms with Gasteiger partial charge in [0.25, 0.3) is 5.92 Å². The summed E-state index contributed by atoms with van der Waals surface area (Å²) in [5, 5.41) is 3.23. The summed E-state index contributed by atoms with van der Waals surface area (Å²) in [6.07, 6.45) is 2.62. The van der Waals surface area contributed by atoms with Crippen LogP contribution in [0.1, 0.15) is 52.9 Å². The van der Waals surface area contributed by atoms with Crippen LogP contribution in [0, 0.1) is 17.2 Å². The van der Waals surface area contributed by atoms with Crippen LogP contribution in [0.25, 0.3) is 11.0 Å². The maximum Gasteiger partial charge on any atom is 0.253 e. The van der Waals surface area contributed by atoms with Crippen LogP contribution >= 0.6 is 9.24 Å². The fourth-order valence-electron chi connectivity index (χ4n) is 4.38. The maximum absolute atomic E-state index is 14.2. The molecule has 28 heavy (non-hydrogen) atoms. The summed E-state index contributed by atoms with van der Waals surface area (Å²) < 4.78 is 43.6. The van der Waals surface area contributed by atoms with E-state index < -0.39 is 11.3 Å². The Balaban J connectivity index is 1.63. The van der Waals surface area contributed by atoms with Crippen LogP contribution in [0.4, 0.5) is 19.1 Å². The van der Waals surface area contributed by atoms with Gasteiger partial charge < -0.3 is 4.57 Å². The predicted octanol–water partition coefficient (Wildman–Crippen LogP) is 4.58. The van der Waals surface area contributed by atoms with Gasteiger partial charge in [0.05, 0.1) is 11.0 Å². The molecule has 0 radical (unpaired) electrons. The van der Waals surface area contributed by atoms with Gasteiger partial charge in [-0.25, -0.2) is 18.2 Å². The molecule has 1 N–H and O–H groups in total. The number of amides is 1. The van der Waals surface area contributed by atoms with Crippen molar-refractivity contribution in [2.24, 2.45) is 11.3 Å². The Morgan fingerprint density at radius 3 is 2.54 bits per heavy atom. The van der Waals surface area contributed by atoms with Crippen LogP contribution in [0.5, 0.6) is 0 Å². The molecule has 1 amide bonds. The molecule has 2 aliphatic carbocycles. The Morgan fingerprint density at radius 1 is 1.32 bits per heavy atom. The molecule has 4 nitrogen and oxygen atoms in total. The summed E-state index contributed by atoms with van der Waals surface area (Å²) in [6.45, 7) is 5.07. The largest absolute Gasteiger partial charge is 0.304 e. The van der Waals surface area contributed by atoms with Crippen LogP contribution < -0.4 is 10.6 Å². The highest BCUT2D eigenvalue weighted by atomic mass is 31.0. The lowest BCUT2D eigenvalue weighted by atomic mass is 9.58. The SMILES string of the molecule is CC1(n2c(NC(=O)CC3CC(F)(F)C3(C)C)nc3cc(P)c(F)cc32)CCC1. The van der Waals surface area contributed by atoms with Crippen molar-refractivity contribution in [3.05, 3.63) is 17.9 Å². The Labute approximate surface area is 164 Å². The zero-order chi connectivity index (χ0) is 20.5. The molecule has 4 rings (SSSR count). The number of imidazole rings is 1. The van der Waals surface area contributed by atoms with E-state index >= 15 is 0 Å². The number of benzene rings is 1. The summed E-state index contributed by atoms with van der Waals surface area (Å²) in [5.41, 5.74) is -0.196. The molecule has 1 heterocycles. The van der Waals surface area contributed by atoms with Crippen LogP contribution in [-0.4, -0.2) is 21.4 Å². The van der Waals surface area contributed by atoms with Crippen LogP contribution in [0.15, 0.2) is 12.1 Å². The molecule has 2 unspecified atom stereocenters. The van der Waals surface area contributed by atoms with E-state index in [1.807, 2.05) is 4.57 Å². The second-order valence-corrected chi connectivity index (χ2v) is 9.69. The highest BCUT2D eigenvalue weighted by molar-refractivity contribution is 7.27. The van der Waals surface area contributed by atoms with Gasteiger partial charge in [-0.05, 0) is 38.2 Å². The lowest BCUT2D eigenvalue weighted by Gasteiger charge is -2.51. The smallest absolute Gasteiger partial charge is 0.253 e. The highest BCUT2D eigenvalue weighted by Crippen LogP contribution is 2.59. The monoisotopic (exact) mass is 411 g/mol. The first-order valence-corrected chi connectivity index (χ1v) is 10.2. The number of alkyl halides is 2. The topological polar surface area (TPSA) is 46.9 Å². The second-order valence-electron chi connectivity index (χ2n) is 9.06. The average Bonchev–Trinajstić information content (AvgIpc) is 2.89. The molecule has 2 saturated carbocycles. The number of nitrogens with one attached hydrogen (secondary N) is 1. The molecular formula is C20H25F3N3OP. The molecule has 0 spiro atoms. The number of carbonyl (C=O) groups excluding carboxylic acids is 1. The van der Waals surface area contributed by atoms with E-state index in [4.69, 9.17) is 0 Å². The third-order valence-electron chi connectivity index (χ3n) is 6.89. The minimum atomic E-state index is -2.74. The standard InChI is InChI=1S/C20H25F3N3OP/c1-18(2)11(10-20(18,22)23)7-16(27)25-17-24-13-9-15(28)12(21)8-14(13)26(17)19(3)5-4-6-19/h8-9,11H,4-7,10,28H2,1-3H3,(H,24,25,27). The fourth-order valence-corrected chi connectivity index (χ4v) is 4.62. The molecule has 0 aliphatic heterocycles. The van der Waals surface area contributed by atoms with Gasteiger partial charge in [0, 0.05) is 35.2 Å². The Bertz CT molecular complexity index is 965. The summed E-state index contributed by atoms with van der Waals surface area (Å²) in [5.74, 6) is -3.44. The lowest BCUT2D eigenvalue weighted by molar-refractivity contribution is -0.227. The predicted molar refractivity (Wildman–Crippen MR) is 107 cm³/mol. The van der Waals surface area contributed by atoms with Crippen molar-refractivity contribution >= 4 is 37.4 Å². The minimum Gasteiger partial charge on any atom is -0.304 e. The second kappa shape index (κ2) is 6.19. The number of halogens is 3. The Morgan fingerprint density at radius 2 is 2.00 bits per heavy atom. The van der Waals surface area contributed by atoms with E-state index in [-0.39, 0.29) is 36.0 Å². The first kappa shape index (κ1) is 19.7. The quantitative estimate of drug-likeness (QED) is 0.749. The normalized spacial score (nSPS) is 24.5. The Hall–Kier alpha value is -1.62. The van der Waals surface area contributed by atoms with E-state index in [2.05, 4.69) is 26.5 Å². The zero-order valence-electron chi connectivity index (χ0n) is 16.3. The number of fused-ring (bicyclic) bond motifs is 1. The number of nitrogens with zero attached hydrogens (tertiary/aromatic N) is 2. The van der Waals surface area contributed by atoms with Crippen LogP contribution in [-0.2, 0) is 10.3 Å². The van der Waals surface area contributed by atoms with Crippen molar-refractivity contribution in [2.75, 3.05) is 5.32 Å². The van der Waals surface area contributed by atoms with Gasteiger partial charge in [0.2, 0.25) is 11.9 Å². The molecule has 152 valence electrons. The molecule has 8 heteroatoms. The average molecular weight is 411 g/mol. The summed E-state index contributed by atoms with van der Waals surface area (Å²) in [6, 6.07) is 3.08. The van der Waals surface area contributed by atoms with E-state index in [9.17, 15) is 18.0 Å². The van der Waals surface area contributed by atoms with E-state index in [0.29, 0.717) is 22.3 Å². The summed E-state index contributed by atoms with van der Waals surface area (Å²) in [7, 11) is 2.34. The fraction of sp³-hybridized carbons (Fsp3) is 0.600. The molecule has 1 aromatic heterocycles. The molecule has 2 atom stereocenters. The van der Waals surface area contributed by atoms with Gasteiger partial charge in [-0.1, -0.05) is 13.8 Å². The molecule has 2 aromatic rings. The van der Waals surface area contributed by atoms with Crippen molar-refractivity contribution in [3.8, 4) is 0 Å². The summed E-state index contributed by atoms with van der Waals surface area (Å²) in [4.78, 5) is 17.1. The van der Waals surface area contributed by atoms with Gasteiger partial charge in [0.1, 0.15) is 5.82 Å². The van der Waals surface area contributed by atoms with Crippen molar-refractivity contribution in [2.45, 2.75) is 64.3 Å². The maximum atomic E-state index is 14.2. The first-order chi connectivity index (χ1) is 12.9. The van der Waals surface area contributed by atoms with E-state index in [1.54, 1.807) is 6.07 Å².